The molecule has 0 saturated heterocycles. The highest BCUT2D eigenvalue weighted by molar-refractivity contribution is 5.96. The summed E-state index contributed by atoms with van der Waals surface area (Å²) in [7, 11) is 0. The number of anilines is 1. The number of halogens is 7. The van der Waals surface area contributed by atoms with Crippen molar-refractivity contribution in [1.82, 2.24) is 9.78 Å². The maximum atomic E-state index is 13.1. The van der Waals surface area contributed by atoms with Crippen molar-refractivity contribution in [3.05, 3.63) is 12.4 Å². The second-order valence-electron chi connectivity index (χ2n) is 3.99. The average Bonchev–Trinajstić information content (AvgIpc) is 2.82. The zero-order chi connectivity index (χ0) is 17.2. The van der Waals surface area contributed by atoms with Gasteiger partial charge in [-0.15, -0.1) is 0 Å². The van der Waals surface area contributed by atoms with Gasteiger partial charge in [0, 0.05) is 6.61 Å². The van der Waals surface area contributed by atoms with Crippen molar-refractivity contribution >= 4 is 11.6 Å². The summed E-state index contributed by atoms with van der Waals surface area (Å²) < 4.78 is 93.1. The van der Waals surface area contributed by atoms with Crippen LogP contribution in [0.3, 0.4) is 0 Å². The Kier molecular flexibility index (Phi) is 5.05. The van der Waals surface area contributed by atoms with Crippen LogP contribution in [0.25, 0.3) is 0 Å². The molecule has 0 radical (unpaired) electrons. The zero-order valence-corrected chi connectivity index (χ0v) is 10.9. The first kappa shape index (κ1) is 18.2. The van der Waals surface area contributed by atoms with Crippen LogP contribution in [0.2, 0.25) is 0 Å². The van der Waals surface area contributed by atoms with Crippen molar-refractivity contribution < 1.29 is 40.3 Å². The molecule has 0 bridgehead atoms. The number of carbonyl (C=O) groups is 1. The molecule has 1 aromatic rings. The van der Waals surface area contributed by atoms with Crippen LogP contribution < -0.4 is 5.32 Å². The zero-order valence-electron chi connectivity index (χ0n) is 10.9. The van der Waals surface area contributed by atoms with Gasteiger partial charge in [0.1, 0.15) is 6.73 Å². The summed E-state index contributed by atoms with van der Waals surface area (Å²) >= 11 is 0. The van der Waals surface area contributed by atoms with Crippen molar-refractivity contribution in [3.63, 3.8) is 0 Å². The van der Waals surface area contributed by atoms with Gasteiger partial charge in [-0.05, 0) is 6.92 Å². The van der Waals surface area contributed by atoms with E-state index >= 15 is 0 Å². The first-order chi connectivity index (χ1) is 9.93. The van der Waals surface area contributed by atoms with E-state index in [0.717, 1.165) is 17.1 Å². The van der Waals surface area contributed by atoms with E-state index in [2.05, 4.69) is 5.10 Å². The van der Waals surface area contributed by atoms with E-state index in [4.69, 9.17) is 4.74 Å². The fraction of sp³-hybridized carbons (Fsp3) is 0.600. The van der Waals surface area contributed by atoms with E-state index < -0.39 is 29.6 Å². The number of alkyl halides is 7. The molecule has 0 aliphatic carbocycles. The number of rotatable bonds is 6. The molecule has 0 saturated carbocycles. The van der Waals surface area contributed by atoms with Crippen molar-refractivity contribution in [1.29, 1.82) is 0 Å². The lowest BCUT2D eigenvalue weighted by Gasteiger charge is -2.26. The molecule has 0 aromatic carbocycles. The van der Waals surface area contributed by atoms with Crippen LogP contribution in [-0.4, -0.2) is 40.3 Å². The maximum Gasteiger partial charge on any atom is 0.460 e. The summed E-state index contributed by atoms with van der Waals surface area (Å²) in [6.07, 6.45) is -4.86. The monoisotopic (exact) mass is 337 g/mol. The van der Waals surface area contributed by atoms with Gasteiger partial charge in [0.15, 0.2) is 0 Å². The third-order valence-corrected chi connectivity index (χ3v) is 2.35. The van der Waals surface area contributed by atoms with Gasteiger partial charge in [-0.3, -0.25) is 4.79 Å². The molecule has 0 aliphatic rings. The third kappa shape index (κ3) is 3.48. The number of amides is 1. The Labute approximate surface area is 119 Å². The van der Waals surface area contributed by atoms with Crippen LogP contribution in [-0.2, 0) is 16.3 Å². The molecule has 1 N–H and O–H groups in total. The molecule has 5 nitrogen and oxygen atoms in total. The predicted molar refractivity (Wildman–Crippen MR) is 58.4 cm³/mol. The van der Waals surface area contributed by atoms with Crippen molar-refractivity contribution in [2.24, 2.45) is 0 Å². The Morgan fingerprint density at radius 3 is 2.36 bits per heavy atom. The maximum absolute atomic E-state index is 13.1. The summed E-state index contributed by atoms with van der Waals surface area (Å²) in [5.74, 6) is -15.3. The van der Waals surface area contributed by atoms with Crippen molar-refractivity contribution in [3.8, 4) is 0 Å². The summed E-state index contributed by atoms with van der Waals surface area (Å²) in [6, 6.07) is 0. The van der Waals surface area contributed by atoms with Crippen LogP contribution in [0.5, 0.6) is 0 Å². The highest BCUT2D eigenvalue weighted by Gasteiger charge is 2.76. The largest absolute Gasteiger partial charge is 0.460 e. The minimum absolute atomic E-state index is 0.124. The van der Waals surface area contributed by atoms with Crippen LogP contribution in [0, 0.1) is 0 Å². The van der Waals surface area contributed by atoms with Gasteiger partial charge in [0.25, 0.3) is 0 Å². The highest BCUT2D eigenvalue weighted by Crippen LogP contribution is 2.46. The van der Waals surface area contributed by atoms with Gasteiger partial charge >= 0.3 is 23.9 Å². The minimum Gasteiger partial charge on any atom is -0.360 e. The molecule has 0 spiro atoms. The molecule has 0 atom stereocenters. The fourth-order valence-corrected chi connectivity index (χ4v) is 1.21. The molecular weight excluding hydrogens is 327 g/mol. The van der Waals surface area contributed by atoms with Crippen molar-refractivity contribution in [2.75, 3.05) is 11.9 Å². The highest BCUT2D eigenvalue weighted by atomic mass is 19.4. The Balaban J connectivity index is 2.85. The normalized spacial score (nSPS) is 13.3. The number of hydrogen-bond acceptors (Lipinski definition) is 3. The number of nitrogens with zero attached hydrogens (tertiary/aromatic N) is 2. The fourth-order valence-electron chi connectivity index (χ4n) is 1.21. The Morgan fingerprint density at radius 2 is 1.86 bits per heavy atom. The first-order valence-electron chi connectivity index (χ1n) is 5.67. The van der Waals surface area contributed by atoms with Crippen molar-refractivity contribution in [2.45, 2.75) is 31.7 Å². The molecule has 1 heterocycles. The lowest BCUT2D eigenvalue weighted by Crippen LogP contribution is -2.57. The number of aromatic nitrogens is 2. The molecule has 1 amide bonds. The second-order valence-corrected chi connectivity index (χ2v) is 3.99. The standard InChI is InChI=1S/C10H10F7N3O2/c1-2-22-5-20-4-6(3-18-20)19-7(21)8(11,12)9(13,14)10(15,16)17/h3-4H,2,5H2,1H3,(H,19,21). The Morgan fingerprint density at radius 1 is 1.27 bits per heavy atom. The van der Waals surface area contributed by atoms with E-state index in [1.54, 1.807) is 6.92 Å². The van der Waals surface area contributed by atoms with Gasteiger partial charge in [-0.25, -0.2) is 4.68 Å². The third-order valence-electron chi connectivity index (χ3n) is 2.35. The Hall–Kier alpha value is -1.85. The Bertz CT molecular complexity index is 527. The molecule has 1 rings (SSSR count). The van der Waals surface area contributed by atoms with Crippen LogP contribution >= 0.6 is 0 Å². The number of nitrogens with one attached hydrogen (secondary N) is 1. The van der Waals surface area contributed by atoms with E-state index in [1.807, 2.05) is 0 Å². The number of ether oxygens (including phenoxy) is 1. The molecular formula is C10H10F7N3O2. The second kappa shape index (κ2) is 6.10. The smallest absolute Gasteiger partial charge is 0.360 e. The number of carbonyl (C=O) groups excluding carboxylic acids is 1. The van der Waals surface area contributed by atoms with Crippen LogP contribution in [0.1, 0.15) is 6.92 Å². The summed E-state index contributed by atoms with van der Waals surface area (Å²) in [5.41, 5.74) is -0.484. The summed E-state index contributed by atoms with van der Waals surface area (Å²) in [6.45, 7) is 1.81. The summed E-state index contributed by atoms with van der Waals surface area (Å²) in [5, 5.41) is 4.77. The lowest BCUT2D eigenvalue weighted by atomic mass is 10.1. The average molecular weight is 337 g/mol. The molecule has 0 fully saturated rings. The SMILES string of the molecule is CCOCn1cc(NC(=O)C(F)(F)C(F)(F)C(F)(F)F)cn1. The minimum atomic E-state index is -6.58. The molecule has 0 aliphatic heterocycles. The van der Waals surface area contributed by atoms with E-state index in [0.29, 0.717) is 0 Å². The first-order valence-corrected chi connectivity index (χ1v) is 5.67. The number of hydrogen-bond donors (Lipinski definition) is 1. The molecule has 22 heavy (non-hydrogen) atoms. The quantitative estimate of drug-likeness (QED) is 0.812. The van der Waals surface area contributed by atoms with Crippen LogP contribution in [0.4, 0.5) is 36.4 Å². The van der Waals surface area contributed by atoms with Gasteiger partial charge < -0.3 is 10.1 Å². The van der Waals surface area contributed by atoms with E-state index in [-0.39, 0.29) is 13.3 Å². The topological polar surface area (TPSA) is 56.1 Å². The molecule has 12 heteroatoms. The van der Waals surface area contributed by atoms with Gasteiger partial charge in [0.05, 0.1) is 18.1 Å². The molecule has 0 unspecified atom stereocenters. The van der Waals surface area contributed by atoms with E-state index in [1.165, 1.54) is 5.32 Å². The molecule has 126 valence electrons. The van der Waals surface area contributed by atoms with Gasteiger partial charge in [0.2, 0.25) is 0 Å². The van der Waals surface area contributed by atoms with Gasteiger partial charge in [-0.2, -0.15) is 35.8 Å². The predicted octanol–water partition coefficient (Wildman–Crippen LogP) is 2.65. The van der Waals surface area contributed by atoms with Gasteiger partial charge in [-0.1, -0.05) is 0 Å². The molecule has 1 aromatic heterocycles. The lowest BCUT2D eigenvalue weighted by molar-refractivity contribution is -0.343. The summed E-state index contributed by atoms with van der Waals surface area (Å²) in [4.78, 5) is 11.0. The van der Waals surface area contributed by atoms with E-state index in [9.17, 15) is 35.5 Å². The van der Waals surface area contributed by atoms with Crippen LogP contribution in [0.15, 0.2) is 12.4 Å².